The van der Waals surface area contributed by atoms with Crippen molar-refractivity contribution in [2.24, 2.45) is 5.92 Å². The van der Waals surface area contributed by atoms with Gasteiger partial charge in [0.15, 0.2) is 0 Å². The zero-order valence-electron chi connectivity index (χ0n) is 8.99. The van der Waals surface area contributed by atoms with E-state index in [1.54, 1.807) is 6.33 Å². The van der Waals surface area contributed by atoms with E-state index in [0.29, 0.717) is 5.92 Å². The maximum Gasteiger partial charge on any atom is 0.116 e. The Balaban J connectivity index is 3.13. The van der Waals surface area contributed by atoms with Gasteiger partial charge in [0, 0.05) is 11.8 Å². The highest BCUT2D eigenvalue weighted by Gasteiger charge is 2.07. The van der Waals surface area contributed by atoms with E-state index < -0.39 is 0 Å². The fourth-order valence-corrected chi connectivity index (χ4v) is 1.19. The van der Waals surface area contributed by atoms with E-state index in [1.165, 1.54) is 0 Å². The molecule has 0 amide bonds. The fourth-order valence-electron chi connectivity index (χ4n) is 1.19. The quantitative estimate of drug-likeness (QED) is 0.728. The molecule has 1 rings (SSSR count). The highest BCUT2D eigenvalue weighted by Crippen LogP contribution is 2.22. The van der Waals surface area contributed by atoms with Crippen molar-refractivity contribution in [1.29, 1.82) is 0 Å². The minimum absolute atomic E-state index is 0.421. The minimum atomic E-state index is 0.421. The molecule has 1 aromatic heterocycles. The summed E-state index contributed by atoms with van der Waals surface area (Å²) < 4.78 is 0. The molecule has 1 heterocycles. The third-order valence-corrected chi connectivity index (χ3v) is 2.11. The van der Waals surface area contributed by atoms with E-state index in [1.807, 2.05) is 25.3 Å². The van der Waals surface area contributed by atoms with Crippen LogP contribution in [0.1, 0.15) is 32.0 Å². The van der Waals surface area contributed by atoms with Gasteiger partial charge in [-0.2, -0.15) is 0 Å². The lowest BCUT2D eigenvalue weighted by Crippen LogP contribution is -1.97. The highest BCUT2D eigenvalue weighted by atomic mass is 14.8. The SMILES string of the molecule is C=C(c1cncnc1/C=C\C)C(C)C. The van der Waals surface area contributed by atoms with Gasteiger partial charge in [0.1, 0.15) is 6.33 Å². The van der Waals surface area contributed by atoms with Gasteiger partial charge in [0.05, 0.1) is 5.69 Å². The van der Waals surface area contributed by atoms with Crippen molar-refractivity contribution in [3.05, 3.63) is 36.4 Å². The predicted molar refractivity (Wildman–Crippen MR) is 60.6 cm³/mol. The molecule has 0 N–H and O–H groups in total. The molecule has 0 saturated carbocycles. The molecule has 0 aromatic carbocycles. The monoisotopic (exact) mass is 188 g/mol. The Bertz CT molecular complexity index is 351. The average molecular weight is 188 g/mol. The molecule has 14 heavy (non-hydrogen) atoms. The molecule has 0 atom stereocenters. The molecule has 2 nitrogen and oxygen atoms in total. The summed E-state index contributed by atoms with van der Waals surface area (Å²) in [5, 5.41) is 0. The van der Waals surface area contributed by atoms with Crippen molar-refractivity contribution in [1.82, 2.24) is 9.97 Å². The molecule has 0 aliphatic rings. The lowest BCUT2D eigenvalue weighted by molar-refractivity contribution is 0.854. The maximum absolute atomic E-state index is 4.21. The van der Waals surface area contributed by atoms with E-state index in [2.05, 4.69) is 30.4 Å². The van der Waals surface area contributed by atoms with Gasteiger partial charge in [-0.1, -0.05) is 26.5 Å². The summed E-state index contributed by atoms with van der Waals surface area (Å²) in [4.78, 5) is 8.24. The van der Waals surface area contributed by atoms with Crippen molar-refractivity contribution < 1.29 is 0 Å². The van der Waals surface area contributed by atoms with Crippen molar-refractivity contribution in [2.45, 2.75) is 20.8 Å². The predicted octanol–water partition coefficient (Wildman–Crippen LogP) is 3.18. The summed E-state index contributed by atoms with van der Waals surface area (Å²) in [6.45, 7) is 10.3. The Kier molecular flexibility index (Phi) is 3.57. The van der Waals surface area contributed by atoms with Gasteiger partial charge in [-0.3, -0.25) is 0 Å². The van der Waals surface area contributed by atoms with Gasteiger partial charge in [-0.25, -0.2) is 9.97 Å². The van der Waals surface area contributed by atoms with Crippen LogP contribution in [0.25, 0.3) is 11.6 Å². The molecular formula is C12H16N2. The third kappa shape index (κ3) is 2.28. The van der Waals surface area contributed by atoms with Crippen molar-refractivity contribution in [2.75, 3.05) is 0 Å². The largest absolute Gasteiger partial charge is 0.244 e. The van der Waals surface area contributed by atoms with Crippen LogP contribution < -0.4 is 0 Å². The van der Waals surface area contributed by atoms with Crippen LogP contribution in [0.2, 0.25) is 0 Å². The van der Waals surface area contributed by atoms with Crippen LogP contribution in [0.5, 0.6) is 0 Å². The van der Waals surface area contributed by atoms with Crippen LogP contribution in [0.15, 0.2) is 25.2 Å². The van der Waals surface area contributed by atoms with E-state index in [0.717, 1.165) is 16.8 Å². The molecule has 0 saturated heterocycles. The molecule has 0 radical (unpaired) electrons. The molecule has 1 aromatic rings. The van der Waals surface area contributed by atoms with Crippen LogP contribution in [-0.2, 0) is 0 Å². The van der Waals surface area contributed by atoms with Gasteiger partial charge in [0.2, 0.25) is 0 Å². The van der Waals surface area contributed by atoms with Crippen LogP contribution in [0.4, 0.5) is 0 Å². The summed E-state index contributed by atoms with van der Waals surface area (Å²) in [6, 6.07) is 0. The Morgan fingerprint density at radius 3 is 2.79 bits per heavy atom. The summed E-state index contributed by atoms with van der Waals surface area (Å²) in [7, 11) is 0. The van der Waals surface area contributed by atoms with Gasteiger partial charge in [0.25, 0.3) is 0 Å². The molecule has 2 heteroatoms. The van der Waals surface area contributed by atoms with Gasteiger partial charge < -0.3 is 0 Å². The number of hydrogen-bond donors (Lipinski definition) is 0. The third-order valence-electron chi connectivity index (χ3n) is 2.11. The van der Waals surface area contributed by atoms with E-state index in [-0.39, 0.29) is 0 Å². The van der Waals surface area contributed by atoms with Crippen molar-refractivity contribution in [3.63, 3.8) is 0 Å². The first-order chi connectivity index (χ1) is 6.66. The number of aromatic nitrogens is 2. The Morgan fingerprint density at radius 1 is 1.50 bits per heavy atom. The number of nitrogens with zero attached hydrogens (tertiary/aromatic N) is 2. The fraction of sp³-hybridized carbons (Fsp3) is 0.333. The average Bonchev–Trinajstić information content (AvgIpc) is 2.18. The number of allylic oxidation sites excluding steroid dienone is 2. The van der Waals surface area contributed by atoms with Gasteiger partial charge >= 0.3 is 0 Å². The Hall–Kier alpha value is -1.44. The molecule has 0 spiro atoms. The van der Waals surface area contributed by atoms with E-state index >= 15 is 0 Å². The van der Waals surface area contributed by atoms with E-state index in [4.69, 9.17) is 0 Å². The van der Waals surface area contributed by atoms with Crippen molar-refractivity contribution in [3.8, 4) is 0 Å². The lowest BCUT2D eigenvalue weighted by atomic mass is 9.97. The molecule has 74 valence electrons. The first-order valence-corrected chi connectivity index (χ1v) is 4.78. The highest BCUT2D eigenvalue weighted by molar-refractivity contribution is 5.71. The molecule has 0 unspecified atom stereocenters. The van der Waals surface area contributed by atoms with Crippen molar-refractivity contribution >= 4 is 11.6 Å². The molecular weight excluding hydrogens is 172 g/mol. The molecule has 0 aliphatic carbocycles. The Labute approximate surface area is 85.4 Å². The normalized spacial score (nSPS) is 11.1. The van der Waals surface area contributed by atoms with Crippen LogP contribution >= 0.6 is 0 Å². The Morgan fingerprint density at radius 2 is 2.21 bits per heavy atom. The lowest BCUT2D eigenvalue weighted by Gasteiger charge is -2.10. The zero-order chi connectivity index (χ0) is 10.6. The topological polar surface area (TPSA) is 25.8 Å². The standard InChI is InChI=1S/C12H16N2/c1-5-6-12-11(7-13-8-14-12)10(4)9(2)3/h5-9H,4H2,1-3H3/b6-5-. The summed E-state index contributed by atoms with van der Waals surface area (Å²) >= 11 is 0. The molecule has 0 bridgehead atoms. The summed E-state index contributed by atoms with van der Waals surface area (Å²) in [5.74, 6) is 0.421. The van der Waals surface area contributed by atoms with Gasteiger partial charge in [-0.15, -0.1) is 0 Å². The van der Waals surface area contributed by atoms with Crippen LogP contribution in [0, 0.1) is 5.92 Å². The first-order valence-electron chi connectivity index (χ1n) is 4.78. The number of hydrogen-bond acceptors (Lipinski definition) is 2. The maximum atomic E-state index is 4.21. The zero-order valence-corrected chi connectivity index (χ0v) is 8.99. The van der Waals surface area contributed by atoms with Gasteiger partial charge in [-0.05, 0) is 24.5 Å². The van der Waals surface area contributed by atoms with E-state index in [9.17, 15) is 0 Å². The minimum Gasteiger partial charge on any atom is -0.244 e. The molecule has 0 fully saturated rings. The number of rotatable bonds is 3. The summed E-state index contributed by atoms with van der Waals surface area (Å²) in [6.07, 6.45) is 7.33. The second-order valence-corrected chi connectivity index (χ2v) is 3.50. The van der Waals surface area contributed by atoms with Crippen LogP contribution in [0.3, 0.4) is 0 Å². The second kappa shape index (κ2) is 4.70. The second-order valence-electron chi connectivity index (χ2n) is 3.50. The first kappa shape index (κ1) is 10.6. The smallest absolute Gasteiger partial charge is 0.116 e. The summed E-state index contributed by atoms with van der Waals surface area (Å²) in [5.41, 5.74) is 3.07. The molecule has 0 aliphatic heterocycles. The van der Waals surface area contributed by atoms with Crippen LogP contribution in [-0.4, -0.2) is 9.97 Å².